The lowest BCUT2D eigenvalue weighted by molar-refractivity contribution is -0.137. The molecule has 8 heteroatoms. The van der Waals surface area contributed by atoms with Gasteiger partial charge in [-0.05, 0) is 50.1 Å². The lowest BCUT2D eigenvalue weighted by Gasteiger charge is -2.37. The summed E-state index contributed by atoms with van der Waals surface area (Å²) in [4.78, 5) is 30.8. The van der Waals surface area contributed by atoms with Crippen molar-refractivity contribution in [1.29, 1.82) is 0 Å². The first kappa shape index (κ1) is 20.1. The van der Waals surface area contributed by atoms with Crippen molar-refractivity contribution in [2.24, 2.45) is 5.92 Å². The van der Waals surface area contributed by atoms with Crippen LogP contribution < -0.4 is 10.2 Å². The number of nitrogens with zero attached hydrogens (tertiary/aromatic N) is 2. The Labute approximate surface area is 177 Å². The highest BCUT2D eigenvalue weighted by Crippen LogP contribution is 2.56. The van der Waals surface area contributed by atoms with E-state index in [1.54, 1.807) is 11.9 Å². The van der Waals surface area contributed by atoms with E-state index < -0.39 is 29.1 Å². The van der Waals surface area contributed by atoms with E-state index >= 15 is 0 Å². The van der Waals surface area contributed by atoms with Crippen LogP contribution in [0.3, 0.4) is 0 Å². The molecule has 2 saturated heterocycles. The van der Waals surface area contributed by atoms with Gasteiger partial charge in [0.25, 0.3) is 5.91 Å². The first-order valence-electron chi connectivity index (χ1n) is 10.4. The molecule has 0 radical (unpaired) electrons. The summed E-state index contributed by atoms with van der Waals surface area (Å²) in [6.07, 6.45) is -2.15. The second-order valence-corrected chi connectivity index (χ2v) is 8.49. The number of carbonyl (C=O) groups excluding carboxylic acids is 2. The van der Waals surface area contributed by atoms with Crippen molar-refractivity contribution < 1.29 is 22.8 Å². The molecule has 2 amide bonds. The Balaban J connectivity index is 1.55. The highest BCUT2D eigenvalue weighted by molar-refractivity contribution is 6.11. The average molecular weight is 429 g/mol. The van der Waals surface area contributed by atoms with Crippen LogP contribution in [0, 0.1) is 5.92 Å². The molecule has 31 heavy (non-hydrogen) atoms. The summed E-state index contributed by atoms with van der Waals surface area (Å²) in [6, 6.07) is 12.2. The van der Waals surface area contributed by atoms with Gasteiger partial charge in [-0.25, -0.2) is 0 Å². The van der Waals surface area contributed by atoms with Crippen molar-refractivity contribution in [3.63, 3.8) is 0 Å². The van der Waals surface area contributed by atoms with E-state index in [4.69, 9.17) is 0 Å². The number of hydrogen-bond donors (Lipinski definition) is 1. The number of para-hydroxylation sites is 1. The van der Waals surface area contributed by atoms with Crippen LogP contribution in [0.15, 0.2) is 48.5 Å². The van der Waals surface area contributed by atoms with Crippen LogP contribution in [0.1, 0.15) is 30.4 Å². The highest BCUT2D eigenvalue weighted by atomic mass is 19.4. The van der Waals surface area contributed by atoms with Crippen molar-refractivity contribution in [1.82, 2.24) is 4.90 Å². The van der Waals surface area contributed by atoms with Crippen LogP contribution in [-0.4, -0.2) is 36.3 Å². The third kappa shape index (κ3) is 2.81. The number of rotatable bonds is 2. The van der Waals surface area contributed by atoms with Crippen LogP contribution in [0.4, 0.5) is 24.5 Å². The van der Waals surface area contributed by atoms with Crippen molar-refractivity contribution in [3.05, 3.63) is 59.7 Å². The van der Waals surface area contributed by atoms with E-state index in [1.165, 1.54) is 12.1 Å². The lowest BCUT2D eigenvalue weighted by Crippen LogP contribution is -2.55. The number of halogens is 3. The summed E-state index contributed by atoms with van der Waals surface area (Å²) in [5.41, 5.74) is -0.283. The molecule has 0 aliphatic carbocycles. The summed E-state index contributed by atoms with van der Waals surface area (Å²) in [6.45, 7) is 0.714. The van der Waals surface area contributed by atoms with E-state index in [0.717, 1.165) is 36.2 Å². The summed E-state index contributed by atoms with van der Waals surface area (Å²) in [5, 5.41) is 2.67. The van der Waals surface area contributed by atoms with E-state index in [1.807, 2.05) is 24.3 Å². The van der Waals surface area contributed by atoms with Gasteiger partial charge in [0.2, 0.25) is 5.91 Å². The fraction of sp³-hybridized carbons (Fsp3) is 0.391. The molecule has 1 spiro atoms. The Bertz CT molecular complexity index is 1070. The Hall–Kier alpha value is -2.87. The minimum Gasteiger partial charge on any atom is -0.326 e. The summed E-state index contributed by atoms with van der Waals surface area (Å²) in [7, 11) is 1.71. The van der Waals surface area contributed by atoms with Gasteiger partial charge < -0.3 is 10.2 Å². The standard InChI is InChI=1S/C23H22F3N3O2/c1-28-19-10-3-2-9-17(19)22(21(28)31)18(13-16-8-5-11-29(16)22)20(30)27-15-7-4-6-14(12-15)23(24,25)26/h2-4,6-7,9-10,12,16,18H,5,8,11,13H2,1H3,(H,27,30)/t16-,18-,22-/m1/s1. The number of likely N-dealkylation sites (N-methyl/N-ethyl adjacent to an activating group) is 1. The third-order valence-corrected chi connectivity index (χ3v) is 6.92. The van der Waals surface area contributed by atoms with Gasteiger partial charge in [-0.3, -0.25) is 14.5 Å². The Morgan fingerprint density at radius 1 is 1.16 bits per heavy atom. The van der Waals surface area contributed by atoms with Gasteiger partial charge in [0.15, 0.2) is 0 Å². The first-order chi connectivity index (χ1) is 14.7. The number of anilines is 2. The quantitative estimate of drug-likeness (QED) is 0.785. The van der Waals surface area contributed by atoms with E-state index in [9.17, 15) is 22.8 Å². The number of benzene rings is 2. The molecule has 3 aliphatic heterocycles. The molecule has 1 N–H and O–H groups in total. The Kier molecular flexibility index (Phi) is 4.41. The molecule has 3 aliphatic rings. The van der Waals surface area contributed by atoms with Gasteiger partial charge in [0, 0.05) is 30.0 Å². The largest absolute Gasteiger partial charge is 0.416 e. The normalized spacial score (nSPS) is 27.6. The first-order valence-corrected chi connectivity index (χ1v) is 10.4. The molecule has 2 aromatic carbocycles. The maximum absolute atomic E-state index is 13.6. The molecular weight excluding hydrogens is 407 g/mol. The number of nitrogens with one attached hydrogen (secondary N) is 1. The van der Waals surface area contributed by atoms with Gasteiger partial charge in [0.05, 0.1) is 11.5 Å². The number of alkyl halides is 3. The average Bonchev–Trinajstić information content (AvgIpc) is 3.38. The Morgan fingerprint density at radius 2 is 1.94 bits per heavy atom. The summed E-state index contributed by atoms with van der Waals surface area (Å²) >= 11 is 0. The van der Waals surface area contributed by atoms with Crippen molar-refractivity contribution in [3.8, 4) is 0 Å². The lowest BCUT2D eigenvalue weighted by atomic mass is 9.78. The maximum atomic E-state index is 13.6. The predicted octanol–water partition coefficient (Wildman–Crippen LogP) is 4.00. The predicted molar refractivity (Wildman–Crippen MR) is 109 cm³/mol. The molecular formula is C23H22F3N3O2. The number of carbonyl (C=O) groups is 2. The van der Waals surface area contributed by atoms with E-state index in [0.29, 0.717) is 13.0 Å². The van der Waals surface area contributed by atoms with Crippen molar-refractivity contribution in [2.75, 3.05) is 23.8 Å². The van der Waals surface area contributed by atoms with E-state index in [2.05, 4.69) is 10.2 Å². The molecule has 5 rings (SSSR count). The minimum atomic E-state index is -4.50. The third-order valence-electron chi connectivity index (χ3n) is 6.92. The van der Waals surface area contributed by atoms with Crippen LogP contribution in [0.25, 0.3) is 0 Å². The molecule has 5 nitrogen and oxygen atoms in total. The second kappa shape index (κ2) is 6.82. The van der Waals surface area contributed by atoms with Crippen LogP contribution in [0.5, 0.6) is 0 Å². The summed E-state index contributed by atoms with van der Waals surface area (Å²) < 4.78 is 39.3. The van der Waals surface area contributed by atoms with Gasteiger partial charge in [0.1, 0.15) is 5.54 Å². The minimum absolute atomic E-state index is 0.0779. The topological polar surface area (TPSA) is 52.7 Å². The fourth-order valence-corrected chi connectivity index (χ4v) is 5.67. The van der Waals surface area contributed by atoms with Gasteiger partial charge >= 0.3 is 6.18 Å². The van der Waals surface area contributed by atoms with Crippen LogP contribution >= 0.6 is 0 Å². The number of fused-ring (bicyclic) bond motifs is 4. The number of hydrogen-bond acceptors (Lipinski definition) is 3. The second-order valence-electron chi connectivity index (χ2n) is 8.49. The molecule has 162 valence electrons. The smallest absolute Gasteiger partial charge is 0.326 e. The molecule has 0 bridgehead atoms. The van der Waals surface area contributed by atoms with Gasteiger partial charge in [-0.15, -0.1) is 0 Å². The molecule has 3 heterocycles. The maximum Gasteiger partial charge on any atom is 0.416 e. The van der Waals surface area contributed by atoms with Gasteiger partial charge in [-0.1, -0.05) is 24.3 Å². The zero-order valence-corrected chi connectivity index (χ0v) is 16.9. The highest BCUT2D eigenvalue weighted by Gasteiger charge is 2.66. The van der Waals surface area contributed by atoms with Crippen molar-refractivity contribution in [2.45, 2.75) is 37.0 Å². The van der Waals surface area contributed by atoms with Gasteiger partial charge in [-0.2, -0.15) is 13.2 Å². The Morgan fingerprint density at radius 3 is 2.71 bits per heavy atom. The molecule has 0 saturated carbocycles. The van der Waals surface area contributed by atoms with E-state index in [-0.39, 0.29) is 17.6 Å². The molecule has 2 aromatic rings. The zero-order valence-electron chi connectivity index (χ0n) is 16.9. The van der Waals surface area contributed by atoms with Crippen molar-refractivity contribution >= 4 is 23.2 Å². The van der Waals surface area contributed by atoms with Crippen LogP contribution in [0.2, 0.25) is 0 Å². The molecule has 3 atom stereocenters. The summed E-state index contributed by atoms with van der Waals surface area (Å²) in [5.74, 6) is -1.26. The molecule has 0 aromatic heterocycles. The van der Waals surface area contributed by atoms with Crippen LogP contribution in [-0.2, 0) is 21.3 Å². The SMILES string of the molecule is CN1C(=O)[C@@]2(c3ccccc31)[C@@H](C(=O)Nc1cccc(C(F)(F)F)c1)C[C@H]1CCCN12. The monoisotopic (exact) mass is 429 g/mol. The fourth-order valence-electron chi connectivity index (χ4n) is 5.67. The number of amides is 2. The zero-order chi connectivity index (χ0) is 22.0. The molecule has 2 fully saturated rings. The molecule has 0 unspecified atom stereocenters.